The highest BCUT2D eigenvalue weighted by Gasteiger charge is 2.06. The van der Waals surface area contributed by atoms with Gasteiger partial charge in [0.1, 0.15) is 11.5 Å². The summed E-state index contributed by atoms with van der Waals surface area (Å²) in [5, 5.41) is 37.1. The third kappa shape index (κ3) is 4.64. The second-order valence-corrected chi connectivity index (χ2v) is 7.69. The maximum absolute atomic E-state index is 10.3. The maximum atomic E-state index is 10.3. The number of phenols is 2. The molecule has 0 atom stereocenters. The molecule has 0 aliphatic carbocycles. The fraction of sp³-hybridized carbons (Fsp3) is 0.154. The number of hydrazone groups is 2. The molecule has 32 heavy (non-hydrogen) atoms. The van der Waals surface area contributed by atoms with E-state index in [9.17, 15) is 10.2 Å². The Labute approximate surface area is 187 Å². The third-order valence-corrected chi connectivity index (χ3v) is 5.41. The zero-order valence-electron chi connectivity index (χ0n) is 18.2. The van der Waals surface area contributed by atoms with Crippen LogP contribution in [0.2, 0.25) is 0 Å². The lowest BCUT2D eigenvalue weighted by Gasteiger charge is -2.18. The van der Waals surface area contributed by atoms with Crippen LogP contribution in [0.3, 0.4) is 0 Å². The largest absolute Gasteiger partial charge is 0.507 e. The van der Waals surface area contributed by atoms with Crippen molar-refractivity contribution in [2.24, 2.45) is 10.2 Å². The lowest BCUT2D eigenvalue weighted by atomic mass is 10.0. The van der Waals surface area contributed by atoms with Gasteiger partial charge in [-0.1, -0.05) is 60.7 Å². The highest BCUT2D eigenvalue weighted by atomic mass is 16.3. The van der Waals surface area contributed by atoms with Crippen LogP contribution in [0, 0.1) is 0 Å². The Bertz CT molecular complexity index is 1200. The van der Waals surface area contributed by atoms with Crippen LogP contribution in [0.4, 0.5) is 0 Å². The normalized spacial score (nSPS) is 11.7. The van der Waals surface area contributed by atoms with Gasteiger partial charge in [0.05, 0.1) is 25.5 Å². The number of fused-ring (bicyclic) bond motifs is 2. The Kier molecular flexibility index (Phi) is 6.22. The molecule has 0 heterocycles. The minimum absolute atomic E-state index is 0.206. The van der Waals surface area contributed by atoms with E-state index in [1.54, 1.807) is 24.6 Å². The first-order valence-electron chi connectivity index (χ1n) is 10.4. The molecule has 0 radical (unpaired) electrons. The third-order valence-electron chi connectivity index (χ3n) is 5.41. The molecule has 0 bridgehead atoms. The Morgan fingerprint density at radius 1 is 0.625 bits per heavy atom. The van der Waals surface area contributed by atoms with Crippen molar-refractivity contribution in [3.63, 3.8) is 0 Å². The molecule has 6 heteroatoms. The first-order valence-corrected chi connectivity index (χ1v) is 10.4. The topological polar surface area (TPSA) is 71.7 Å². The van der Waals surface area contributed by atoms with Crippen molar-refractivity contribution in [1.29, 1.82) is 0 Å². The molecule has 0 aromatic heterocycles. The average molecular weight is 427 g/mol. The van der Waals surface area contributed by atoms with Crippen molar-refractivity contribution in [2.75, 3.05) is 27.2 Å². The number of hydrogen-bond acceptors (Lipinski definition) is 6. The fourth-order valence-corrected chi connectivity index (χ4v) is 3.56. The Balaban J connectivity index is 1.40. The molecule has 4 rings (SSSR count). The van der Waals surface area contributed by atoms with E-state index in [0.29, 0.717) is 24.2 Å². The molecule has 0 amide bonds. The zero-order valence-corrected chi connectivity index (χ0v) is 18.2. The fourth-order valence-electron chi connectivity index (χ4n) is 3.56. The van der Waals surface area contributed by atoms with E-state index in [4.69, 9.17) is 0 Å². The number of nitrogens with zero attached hydrogens (tertiary/aromatic N) is 4. The molecular formula is C26H26N4O2. The SMILES string of the molecule is CN(CCN(C)/N=C/c1c(O)ccc2ccccc12)/N=C/c1c(O)ccc2ccccc12. The maximum Gasteiger partial charge on any atom is 0.125 e. The predicted octanol–water partition coefficient (Wildman–Crippen LogP) is 4.64. The lowest BCUT2D eigenvalue weighted by molar-refractivity contribution is 0.272. The van der Waals surface area contributed by atoms with Gasteiger partial charge in [-0.25, -0.2) is 0 Å². The molecule has 0 spiro atoms. The Morgan fingerprint density at radius 3 is 1.47 bits per heavy atom. The van der Waals surface area contributed by atoms with Gasteiger partial charge in [-0.05, 0) is 33.7 Å². The minimum Gasteiger partial charge on any atom is -0.507 e. The van der Waals surface area contributed by atoms with E-state index in [1.807, 2.05) is 84.8 Å². The summed E-state index contributed by atoms with van der Waals surface area (Å²) < 4.78 is 0. The van der Waals surface area contributed by atoms with Gasteiger partial charge in [0, 0.05) is 25.2 Å². The number of phenolic OH excluding ortho intramolecular Hbond substituents is 2. The van der Waals surface area contributed by atoms with Crippen molar-refractivity contribution < 1.29 is 10.2 Å². The summed E-state index contributed by atoms with van der Waals surface area (Å²) in [5.74, 6) is 0.412. The van der Waals surface area contributed by atoms with Gasteiger partial charge in [0.15, 0.2) is 0 Å². The van der Waals surface area contributed by atoms with Crippen molar-refractivity contribution in [1.82, 2.24) is 10.0 Å². The van der Waals surface area contributed by atoms with Crippen LogP contribution < -0.4 is 0 Å². The summed E-state index contributed by atoms with van der Waals surface area (Å²) in [6, 6.07) is 23.0. The molecule has 0 aliphatic heterocycles. The molecule has 0 saturated heterocycles. The van der Waals surface area contributed by atoms with Crippen LogP contribution in [0.1, 0.15) is 11.1 Å². The zero-order chi connectivity index (χ0) is 22.5. The van der Waals surface area contributed by atoms with E-state index in [-0.39, 0.29) is 11.5 Å². The first-order chi connectivity index (χ1) is 15.5. The summed E-state index contributed by atoms with van der Waals surface area (Å²) in [5.41, 5.74) is 1.40. The standard InChI is InChI=1S/C26H26N4O2/c1-29(27-17-23-21-9-5-3-7-19(21)11-13-25(23)31)15-16-30(2)28-18-24-22-10-6-4-8-20(22)12-14-26(24)32/h3-14,17-18,31-32H,15-16H2,1-2H3/b27-17+,28-18+. The summed E-state index contributed by atoms with van der Waals surface area (Å²) in [6.07, 6.45) is 3.38. The smallest absolute Gasteiger partial charge is 0.125 e. The quantitative estimate of drug-likeness (QED) is 0.334. The first kappa shape index (κ1) is 21.2. The van der Waals surface area contributed by atoms with Gasteiger partial charge < -0.3 is 10.2 Å². The van der Waals surface area contributed by atoms with Crippen LogP contribution in [0.15, 0.2) is 83.0 Å². The molecule has 4 aromatic rings. The number of rotatable bonds is 7. The van der Waals surface area contributed by atoms with Gasteiger partial charge in [-0.15, -0.1) is 0 Å². The van der Waals surface area contributed by atoms with Gasteiger partial charge in [0.25, 0.3) is 0 Å². The second-order valence-electron chi connectivity index (χ2n) is 7.69. The van der Waals surface area contributed by atoms with E-state index in [0.717, 1.165) is 21.5 Å². The molecule has 0 unspecified atom stereocenters. The Hall–Kier alpha value is -4.06. The molecule has 0 saturated carbocycles. The predicted molar refractivity (Wildman–Crippen MR) is 132 cm³/mol. The van der Waals surface area contributed by atoms with Crippen LogP contribution in [-0.2, 0) is 0 Å². The molecule has 162 valence electrons. The molecule has 4 aromatic carbocycles. The molecule has 0 aliphatic rings. The van der Waals surface area contributed by atoms with Crippen molar-refractivity contribution in [3.05, 3.63) is 83.9 Å². The van der Waals surface area contributed by atoms with E-state index < -0.39 is 0 Å². The number of aromatic hydroxyl groups is 2. The van der Waals surface area contributed by atoms with E-state index in [2.05, 4.69) is 10.2 Å². The highest BCUT2D eigenvalue weighted by Crippen LogP contribution is 2.26. The van der Waals surface area contributed by atoms with Gasteiger partial charge in [-0.3, -0.25) is 10.0 Å². The molecular weight excluding hydrogens is 400 g/mol. The van der Waals surface area contributed by atoms with Gasteiger partial charge in [-0.2, -0.15) is 10.2 Å². The summed E-state index contributed by atoms with van der Waals surface area (Å²) in [7, 11) is 3.76. The van der Waals surface area contributed by atoms with Crippen LogP contribution in [0.5, 0.6) is 11.5 Å². The van der Waals surface area contributed by atoms with Gasteiger partial charge >= 0.3 is 0 Å². The van der Waals surface area contributed by atoms with Crippen molar-refractivity contribution in [3.8, 4) is 11.5 Å². The van der Waals surface area contributed by atoms with Crippen molar-refractivity contribution >= 4 is 34.0 Å². The van der Waals surface area contributed by atoms with Gasteiger partial charge in [0.2, 0.25) is 0 Å². The van der Waals surface area contributed by atoms with Crippen LogP contribution >= 0.6 is 0 Å². The Morgan fingerprint density at radius 2 is 1.03 bits per heavy atom. The summed E-state index contributed by atoms with van der Waals surface area (Å²) in [6.45, 7) is 1.27. The van der Waals surface area contributed by atoms with E-state index >= 15 is 0 Å². The number of likely N-dealkylation sites (N-methyl/N-ethyl adjacent to an activating group) is 2. The number of hydrogen-bond donors (Lipinski definition) is 2. The average Bonchev–Trinajstić information content (AvgIpc) is 2.81. The second kappa shape index (κ2) is 9.39. The van der Waals surface area contributed by atoms with Crippen LogP contribution in [-0.4, -0.2) is 59.8 Å². The molecule has 2 N–H and O–H groups in total. The monoisotopic (exact) mass is 426 g/mol. The molecule has 6 nitrogen and oxygen atoms in total. The summed E-state index contributed by atoms with van der Waals surface area (Å²) >= 11 is 0. The minimum atomic E-state index is 0.206. The van der Waals surface area contributed by atoms with Crippen LogP contribution in [0.25, 0.3) is 21.5 Å². The lowest BCUT2D eigenvalue weighted by Crippen LogP contribution is -2.25. The highest BCUT2D eigenvalue weighted by molar-refractivity contribution is 6.03. The van der Waals surface area contributed by atoms with E-state index in [1.165, 1.54) is 0 Å². The molecule has 0 fully saturated rings. The number of benzene rings is 4. The van der Waals surface area contributed by atoms with Crippen molar-refractivity contribution in [2.45, 2.75) is 0 Å². The summed E-state index contributed by atoms with van der Waals surface area (Å²) in [4.78, 5) is 0.